The van der Waals surface area contributed by atoms with E-state index in [0.29, 0.717) is 18.9 Å². The number of hydrogen-bond donors (Lipinski definition) is 3. The number of carbonyl (C=O) groups excluding carboxylic acids is 1. The molecule has 164 valence electrons. The molecule has 0 aliphatic carbocycles. The van der Waals surface area contributed by atoms with E-state index < -0.39 is 0 Å². The van der Waals surface area contributed by atoms with Crippen LogP contribution in [0.15, 0.2) is 53.5 Å². The summed E-state index contributed by atoms with van der Waals surface area (Å²) < 4.78 is 6.14. The van der Waals surface area contributed by atoms with Crippen LogP contribution in [0.25, 0.3) is 0 Å². The number of rotatable bonds is 5. The molecule has 2 aliphatic rings. The quantitative estimate of drug-likeness (QED) is 0.509. The third-order valence-corrected chi connectivity index (χ3v) is 6.23. The van der Waals surface area contributed by atoms with Gasteiger partial charge in [-0.2, -0.15) is 0 Å². The number of guanidine groups is 1. The van der Waals surface area contributed by atoms with Gasteiger partial charge in [0.2, 0.25) is 5.91 Å². The number of aryl methyl sites for hydroxylation is 1. The summed E-state index contributed by atoms with van der Waals surface area (Å²) in [6.07, 6.45) is 2.79. The monoisotopic (exact) mass is 420 g/mol. The van der Waals surface area contributed by atoms with Gasteiger partial charge >= 0.3 is 0 Å². The first-order valence-electron chi connectivity index (χ1n) is 11.2. The molecule has 3 unspecified atom stereocenters. The fourth-order valence-electron chi connectivity index (χ4n) is 4.53. The zero-order valence-corrected chi connectivity index (χ0v) is 18.4. The highest BCUT2D eigenvalue weighted by atomic mass is 16.5. The molecule has 31 heavy (non-hydrogen) atoms. The van der Waals surface area contributed by atoms with Crippen LogP contribution in [0.1, 0.15) is 48.0 Å². The minimum absolute atomic E-state index is 0.0636. The first kappa shape index (κ1) is 21.4. The molecule has 0 radical (unpaired) electrons. The lowest BCUT2D eigenvalue weighted by Crippen LogP contribution is -2.43. The molecule has 2 heterocycles. The molecule has 1 saturated heterocycles. The van der Waals surface area contributed by atoms with Gasteiger partial charge < -0.3 is 20.7 Å². The summed E-state index contributed by atoms with van der Waals surface area (Å²) in [6, 6.07) is 16.7. The Labute approximate surface area is 184 Å². The fourth-order valence-corrected chi connectivity index (χ4v) is 4.53. The lowest BCUT2D eigenvalue weighted by molar-refractivity contribution is -0.116. The largest absolute Gasteiger partial charge is 0.373 e. The Morgan fingerprint density at radius 2 is 1.90 bits per heavy atom. The minimum atomic E-state index is 0.0636. The molecule has 2 aromatic carbocycles. The SMILES string of the molecule is CN=C(NCC1CC(=O)Nc2ccccc21)NCC1CCCOC1c1ccc(C)cc1. The van der Waals surface area contributed by atoms with E-state index in [1.54, 1.807) is 7.05 Å². The molecule has 3 N–H and O–H groups in total. The van der Waals surface area contributed by atoms with E-state index >= 15 is 0 Å². The van der Waals surface area contributed by atoms with E-state index in [0.717, 1.165) is 37.6 Å². The molecule has 0 saturated carbocycles. The number of anilines is 1. The molecule has 1 fully saturated rings. The number of fused-ring (bicyclic) bond motifs is 1. The zero-order chi connectivity index (χ0) is 21.6. The third-order valence-electron chi connectivity index (χ3n) is 6.23. The fraction of sp³-hybridized carbons (Fsp3) is 0.440. The first-order chi connectivity index (χ1) is 15.1. The number of benzene rings is 2. The maximum Gasteiger partial charge on any atom is 0.225 e. The van der Waals surface area contributed by atoms with Gasteiger partial charge in [0.15, 0.2) is 5.96 Å². The van der Waals surface area contributed by atoms with Gasteiger partial charge in [-0.15, -0.1) is 0 Å². The molecule has 3 atom stereocenters. The molecule has 0 spiro atoms. The summed E-state index contributed by atoms with van der Waals surface area (Å²) in [7, 11) is 1.78. The van der Waals surface area contributed by atoms with Crippen LogP contribution in [0, 0.1) is 12.8 Å². The Kier molecular flexibility index (Phi) is 6.87. The highest BCUT2D eigenvalue weighted by molar-refractivity contribution is 5.94. The second-order valence-electron chi connectivity index (χ2n) is 8.47. The maximum absolute atomic E-state index is 12.1. The van der Waals surface area contributed by atoms with Crippen molar-refractivity contribution in [2.24, 2.45) is 10.9 Å². The summed E-state index contributed by atoms with van der Waals surface area (Å²) in [5.74, 6) is 1.34. The summed E-state index contributed by atoms with van der Waals surface area (Å²) in [5, 5.41) is 9.86. The molecule has 4 rings (SSSR count). The third kappa shape index (κ3) is 5.25. The van der Waals surface area contributed by atoms with Gasteiger partial charge in [-0.25, -0.2) is 0 Å². The number of hydrogen-bond acceptors (Lipinski definition) is 3. The highest BCUT2D eigenvalue weighted by Crippen LogP contribution is 2.33. The van der Waals surface area contributed by atoms with E-state index in [9.17, 15) is 4.79 Å². The van der Waals surface area contributed by atoms with Crippen molar-refractivity contribution in [1.82, 2.24) is 10.6 Å². The first-order valence-corrected chi connectivity index (χ1v) is 11.2. The van der Waals surface area contributed by atoms with Crippen molar-refractivity contribution in [3.05, 3.63) is 65.2 Å². The highest BCUT2D eigenvalue weighted by Gasteiger charge is 2.28. The summed E-state index contributed by atoms with van der Waals surface area (Å²) in [5.41, 5.74) is 4.58. The van der Waals surface area contributed by atoms with Crippen molar-refractivity contribution in [3.63, 3.8) is 0 Å². The van der Waals surface area contributed by atoms with Gasteiger partial charge in [0.25, 0.3) is 0 Å². The molecule has 0 aromatic heterocycles. The normalized spacial score (nSPS) is 23.6. The number of nitrogens with zero attached hydrogens (tertiary/aromatic N) is 1. The lowest BCUT2D eigenvalue weighted by Gasteiger charge is -2.33. The van der Waals surface area contributed by atoms with E-state index in [1.165, 1.54) is 16.7 Å². The number of para-hydroxylation sites is 1. The minimum Gasteiger partial charge on any atom is -0.373 e. The number of carbonyl (C=O) groups is 1. The smallest absolute Gasteiger partial charge is 0.225 e. The van der Waals surface area contributed by atoms with Crippen LogP contribution in [0.2, 0.25) is 0 Å². The second kappa shape index (κ2) is 9.96. The van der Waals surface area contributed by atoms with Crippen molar-refractivity contribution in [2.75, 3.05) is 32.1 Å². The Morgan fingerprint density at radius 3 is 2.71 bits per heavy atom. The standard InChI is InChI=1S/C25H32N4O2/c1-17-9-11-18(12-10-17)24-19(6-5-13-31-24)15-27-25(26-2)28-16-20-14-23(30)29-22-8-4-3-7-21(20)22/h3-4,7-12,19-20,24H,5-6,13-16H2,1-2H3,(H,29,30)(H2,26,27,28). The molecule has 2 aliphatic heterocycles. The van der Waals surface area contributed by atoms with Crippen LogP contribution in [0.4, 0.5) is 5.69 Å². The van der Waals surface area contributed by atoms with E-state index in [1.807, 2.05) is 18.2 Å². The predicted molar refractivity (Wildman–Crippen MR) is 124 cm³/mol. The Balaban J connectivity index is 1.35. The van der Waals surface area contributed by atoms with E-state index in [2.05, 4.69) is 58.2 Å². The summed E-state index contributed by atoms with van der Waals surface area (Å²) in [4.78, 5) is 16.5. The van der Waals surface area contributed by atoms with Crippen LogP contribution < -0.4 is 16.0 Å². The van der Waals surface area contributed by atoms with Gasteiger partial charge in [-0.3, -0.25) is 9.79 Å². The van der Waals surface area contributed by atoms with E-state index in [-0.39, 0.29) is 17.9 Å². The van der Waals surface area contributed by atoms with Crippen LogP contribution in [-0.4, -0.2) is 38.6 Å². The Morgan fingerprint density at radius 1 is 1.13 bits per heavy atom. The molecular weight excluding hydrogens is 388 g/mol. The maximum atomic E-state index is 12.1. The number of aliphatic imine (C=N–C) groups is 1. The van der Waals surface area contributed by atoms with Crippen molar-refractivity contribution in [1.29, 1.82) is 0 Å². The van der Waals surface area contributed by atoms with Gasteiger partial charge in [0.1, 0.15) is 0 Å². The van der Waals surface area contributed by atoms with Crippen LogP contribution >= 0.6 is 0 Å². The molecule has 1 amide bonds. The van der Waals surface area contributed by atoms with Gasteiger partial charge in [0, 0.05) is 50.7 Å². The van der Waals surface area contributed by atoms with Crippen molar-refractivity contribution < 1.29 is 9.53 Å². The molecule has 0 bridgehead atoms. The van der Waals surface area contributed by atoms with Crippen molar-refractivity contribution in [2.45, 2.75) is 38.2 Å². The topological polar surface area (TPSA) is 74.8 Å². The number of nitrogens with one attached hydrogen (secondary N) is 3. The zero-order valence-electron chi connectivity index (χ0n) is 18.4. The Bertz CT molecular complexity index is 925. The second-order valence-corrected chi connectivity index (χ2v) is 8.47. The average Bonchev–Trinajstić information content (AvgIpc) is 2.80. The van der Waals surface area contributed by atoms with Gasteiger partial charge in [0.05, 0.1) is 6.10 Å². The van der Waals surface area contributed by atoms with Gasteiger partial charge in [-0.1, -0.05) is 48.0 Å². The van der Waals surface area contributed by atoms with Crippen molar-refractivity contribution >= 4 is 17.6 Å². The van der Waals surface area contributed by atoms with Gasteiger partial charge in [-0.05, 0) is 37.0 Å². The predicted octanol–water partition coefficient (Wildman–Crippen LogP) is 3.75. The van der Waals surface area contributed by atoms with Crippen LogP contribution in [0.3, 0.4) is 0 Å². The lowest BCUT2D eigenvalue weighted by atomic mass is 9.89. The Hall–Kier alpha value is -2.86. The molecule has 6 nitrogen and oxygen atoms in total. The molecular formula is C25H32N4O2. The number of ether oxygens (including phenoxy) is 1. The van der Waals surface area contributed by atoms with Crippen molar-refractivity contribution in [3.8, 4) is 0 Å². The summed E-state index contributed by atoms with van der Waals surface area (Å²) in [6.45, 7) is 4.37. The average molecular weight is 421 g/mol. The summed E-state index contributed by atoms with van der Waals surface area (Å²) >= 11 is 0. The molecule has 6 heteroatoms. The van der Waals surface area contributed by atoms with Crippen LogP contribution in [0.5, 0.6) is 0 Å². The molecule has 2 aromatic rings. The number of amides is 1. The van der Waals surface area contributed by atoms with Crippen LogP contribution in [-0.2, 0) is 9.53 Å². The van der Waals surface area contributed by atoms with E-state index in [4.69, 9.17) is 4.74 Å².